The second kappa shape index (κ2) is 4.64. The molecule has 1 aromatic carbocycles. The van der Waals surface area contributed by atoms with E-state index in [0.717, 1.165) is 25.7 Å². The summed E-state index contributed by atoms with van der Waals surface area (Å²) in [5, 5.41) is 0. The van der Waals surface area contributed by atoms with Gasteiger partial charge in [0.15, 0.2) is 0 Å². The van der Waals surface area contributed by atoms with Crippen LogP contribution in [0.2, 0.25) is 0 Å². The molecule has 17 heavy (non-hydrogen) atoms. The maximum atomic E-state index is 12.2. The van der Waals surface area contributed by atoms with Crippen molar-refractivity contribution in [2.45, 2.75) is 50.9 Å². The van der Waals surface area contributed by atoms with Crippen molar-refractivity contribution >= 4 is 5.78 Å². The van der Waals surface area contributed by atoms with Gasteiger partial charge in [0, 0.05) is 12.3 Å². The molecule has 1 saturated carbocycles. The number of carbonyl (C=O) groups excluding carboxylic acids is 1. The lowest BCUT2D eigenvalue weighted by Gasteiger charge is -2.31. The fourth-order valence-electron chi connectivity index (χ4n) is 3.38. The Kier molecular flexibility index (Phi) is 3.00. The molecule has 0 radical (unpaired) electrons. The summed E-state index contributed by atoms with van der Waals surface area (Å²) in [5.74, 6) is 1.45. The van der Waals surface area contributed by atoms with E-state index in [2.05, 4.69) is 24.3 Å². The second-order valence-electron chi connectivity index (χ2n) is 5.61. The summed E-state index contributed by atoms with van der Waals surface area (Å²) in [6, 6.07) is 8.57. The average molecular weight is 228 g/mol. The number of fused-ring (bicyclic) bond motifs is 1. The van der Waals surface area contributed by atoms with Crippen LogP contribution in [0.15, 0.2) is 24.3 Å². The molecule has 1 aromatic rings. The first-order chi connectivity index (χ1) is 8.34. The lowest BCUT2D eigenvalue weighted by molar-refractivity contribution is -0.124. The van der Waals surface area contributed by atoms with Gasteiger partial charge in [-0.05, 0) is 36.3 Å². The van der Waals surface area contributed by atoms with Gasteiger partial charge in [-0.15, -0.1) is 0 Å². The Morgan fingerprint density at radius 2 is 1.88 bits per heavy atom. The van der Waals surface area contributed by atoms with E-state index in [-0.39, 0.29) is 0 Å². The molecule has 1 fully saturated rings. The molecule has 0 heterocycles. The largest absolute Gasteiger partial charge is 0.299 e. The maximum absolute atomic E-state index is 12.2. The van der Waals surface area contributed by atoms with E-state index in [1.54, 1.807) is 0 Å². The summed E-state index contributed by atoms with van der Waals surface area (Å²) < 4.78 is 0. The van der Waals surface area contributed by atoms with Gasteiger partial charge < -0.3 is 0 Å². The molecule has 1 unspecified atom stereocenters. The van der Waals surface area contributed by atoms with Gasteiger partial charge >= 0.3 is 0 Å². The third kappa shape index (κ3) is 2.15. The van der Waals surface area contributed by atoms with Crippen LogP contribution in [-0.4, -0.2) is 5.78 Å². The van der Waals surface area contributed by atoms with Gasteiger partial charge in [-0.3, -0.25) is 4.79 Å². The highest BCUT2D eigenvalue weighted by Crippen LogP contribution is 2.39. The molecule has 2 aliphatic rings. The van der Waals surface area contributed by atoms with Crippen molar-refractivity contribution in [1.29, 1.82) is 0 Å². The van der Waals surface area contributed by atoms with Gasteiger partial charge in [-0.25, -0.2) is 0 Å². The monoisotopic (exact) mass is 228 g/mol. The molecule has 0 N–H and O–H groups in total. The van der Waals surface area contributed by atoms with Crippen molar-refractivity contribution in [3.8, 4) is 0 Å². The zero-order valence-corrected chi connectivity index (χ0v) is 10.3. The van der Waals surface area contributed by atoms with Gasteiger partial charge in [0.05, 0.1) is 0 Å². The molecule has 0 aromatic heterocycles. The first kappa shape index (κ1) is 11.0. The van der Waals surface area contributed by atoms with Crippen molar-refractivity contribution in [1.82, 2.24) is 0 Å². The van der Waals surface area contributed by atoms with Crippen LogP contribution < -0.4 is 0 Å². The molecule has 1 nitrogen and oxygen atoms in total. The highest BCUT2D eigenvalue weighted by Gasteiger charge is 2.30. The van der Waals surface area contributed by atoms with E-state index in [1.807, 2.05) is 0 Å². The molecule has 0 saturated heterocycles. The minimum Gasteiger partial charge on any atom is -0.299 e. The van der Waals surface area contributed by atoms with Crippen LogP contribution in [0.25, 0.3) is 0 Å². The zero-order chi connectivity index (χ0) is 11.7. The number of ketones is 1. The summed E-state index contributed by atoms with van der Waals surface area (Å²) >= 11 is 0. The Balaban J connectivity index is 1.60. The topological polar surface area (TPSA) is 17.1 Å². The van der Waals surface area contributed by atoms with Gasteiger partial charge in [0.1, 0.15) is 5.78 Å². The SMILES string of the molecule is O=C(CC1Cc2ccccc21)C1CCCCC1. The van der Waals surface area contributed by atoms with E-state index < -0.39 is 0 Å². The molecule has 1 heteroatoms. The number of benzene rings is 1. The Morgan fingerprint density at radius 1 is 1.12 bits per heavy atom. The van der Waals surface area contributed by atoms with Crippen molar-refractivity contribution in [2.75, 3.05) is 0 Å². The third-order valence-corrected chi connectivity index (χ3v) is 4.47. The van der Waals surface area contributed by atoms with Crippen LogP contribution in [0.4, 0.5) is 0 Å². The van der Waals surface area contributed by atoms with Gasteiger partial charge in [-0.1, -0.05) is 43.5 Å². The summed E-state index contributed by atoms with van der Waals surface area (Å²) in [6.07, 6.45) is 8.06. The summed E-state index contributed by atoms with van der Waals surface area (Å²) in [4.78, 5) is 12.2. The fourth-order valence-corrected chi connectivity index (χ4v) is 3.38. The highest BCUT2D eigenvalue weighted by molar-refractivity contribution is 5.82. The lowest BCUT2D eigenvalue weighted by atomic mass is 9.73. The molecular weight excluding hydrogens is 208 g/mol. The predicted octanol–water partition coefficient (Wildman–Crippen LogP) is 3.87. The second-order valence-corrected chi connectivity index (χ2v) is 5.61. The molecule has 1 atom stereocenters. The van der Waals surface area contributed by atoms with E-state index in [4.69, 9.17) is 0 Å². The van der Waals surface area contributed by atoms with Crippen molar-refractivity contribution in [2.24, 2.45) is 5.92 Å². The lowest BCUT2D eigenvalue weighted by Crippen LogP contribution is -2.25. The number of Topliss-reactive ketones (excluding diaryl/α,β-unsaturated/α-hetero) is 1. The fraction of sp³-hybridized carbons (Fsp3) is 0.562. The van der Waals surface area contributed by atoms with Gasteiger partial charge in [0.2, 0.25) is 0 Å². The number of carbonyl (C=O) groups is 1. The quantitative estimate of drug-likeness (QED) is 0.767. The molecule has 2 aliphatic carbocycles. The number of hydrogen-bond donors (Lipinski definition) is 0. The van der Waals surface area contributed by atoms with Crippen LogP contribution in [-0.2, 0) is 11.2 Å². The first-order valence-corrected chi connectivity index (χ1v) is 6.95. The molecule has 3 rings (SSSR count). The van der Waals surface area contributed by atoms with Crippen molar-refractivity contribution < 1.29 is 4.79 Å². The minimum absolute atomic E-state index is 0.386. The van der Waals surface area contributed by atoms with Crippen LogP contribution in [0.5, 0.6) is 0 Å². The van der Waals surface area contributed by atoms with Crippen molar-refractivity contribution in [3.05, 3.63) is 35.4 Å². The Hall–Kier alpha value is -1.11. The molecule has 90 valence electrons. The van der Waals surface area contributed by atoms with Crippen LogP contribution in [0, 0.1) is 5.92 Å². The average Bonchev–Trinajstić information content (AvgIpc) is 2.37. The molecular formula is C16H20O. The molecule has 0 spiro atoms. The smallest absolute Gasteiger partial charge is 0.136 e. The van der Waals surface area contributed by atoms with E-state index >= 15 is 0 Å². The Morgan fingerprint density at radius 3 is 2.65 bits per heavy atom. The zero-order valence-electron chi connectivity index (χ0n) is 10.3. The summed E-state index contributed by atoms with van der Waals surface area (Å²) in [7, 11) is 0. The Labute approximate surface area is 103 Å². The number of hydrogen-bond acceptors (Lipinski definition) is 1. The minimum atomic E-state index is 0.386. The van der Waals surface area contributed by atoms with Crippen LogP contribution >= 0.6 is 0 Å². The van der Waals surface area contributed by atoms with Gasteiger partial charge in [0.25, 0.3) is 0 Å². The van der Waals surface area contributed by atoms with E-state index in [1.165, 1.54) is 30.4 Å². The van der Waals surface area contributed by atoms with Crippen LogP contribution in [0.1, 0.15) is 55.6 Å². The highest BCUT2D eigenvalue weighted by atomic mass is 16.1. The Bertz CT molecular complexity index is 415. The predicted molar refractivity (Wildman–Crippen MR) is 69.1 cm³/mol. The molecule has 0 amide bonds. The first-order valence-electron chi connectivity index (χ1n) is 6.95. The summed E-state index contributed by atoms with van der Waals surface area (Å²) in [6.45, 7) is 0. The third-order valence-electron chi connectivity index (χ3n) is 4.47. The maximum Gasteiger partial charge on any atom is 0.136 e. The normalized spacial score (nSPS) is 23.9. The van der Waals surface area contributed by atoms with Crippen molar-refractivity contribution in [3.63, 3.8) is 0 Å². The van der Waals surface area contributed by atoms with Crippen LogP contribution in [0.3, 0.4) is 0 Å². The van der Waals surface area contributed by atoms with Gasteiger partial charge in [-0.2, -0.15) is 0 Å². The molecule has 0 aliphatic heterocycles. The summed E-state index contributed by atoms with van der Waals surface area (Å²) in [5.41, 5.74) is 2.88. The standard InChI is InChI=1S/C16H20O/c17-16(12-6-2-1-3-7-12)11-14-10-13-8-4-5-9-15(13)14/h4-5,8-9,12,14H,1-3,6-7,10-11H2. The number of rotatable bonds is 3. The molecule has 0 bridgehead atoms. The van der Waals surface area contributed by atoms with E-state index in [0.29, 0.717) is 17.6 Å². The van der Waals surface area contributed by atoms with E-state index in [9.17, 15) is 4.79 Å².